The minimum atomic E-state index is 0.0291. The molecule has 0 saturated heterocycles. The van der Waals surface area contributed by atoms with Crippen LogP contribution in [0.2, 0.25) is 5.02 Å². The Morgan fingerprint density at radius 1 is 1.40 bits per heavy atom. The van der Waals surface area contributed by atoms with Crippen LogP contribution in [-0.2, 0) is 0 Å². The van der Waals surface area contributed by atoms with Gasteiger partial charge in [-0.2, -0.15) is 0 Å². The van der Waals surface area contributed by atoms with Crippen LogP contribution in [0.5, 0.6) is 5.75 Å². The Labute approximate surface area is 123 Å². The molecule has 0 fully saturated rings. The fourth-order valence-corrected chi connectivity index (χ4v) is 2.83. The Morgan fingerprint density at radius 3 is 3.05 bits per heavy atom. The minimum Gasteiger partial charge on any atom is -0.485 e. The lowest BCUT2D eigenvalue weighted by Gasteiger charge is -2.33. The van der Waals surface area contributed by atoms with Crippen molar-refractivity contribution in [2.45, 2.75) is 25.5 Å². The zero-order chi connectivity index (χ0) is 13.9. The van der Waals surface area contributed by atoms with Crippen molar-refractivity contribution < 1.29 is 4.74 Å². The quantitative estimate of drug-likeness (QED) is 0.930. The maximum atomic E-state index is 6.11. The summed E-state index contributed by atoms with van der Waals surface area (Å²) in [5, 5.41) is 4.25. The van der Waals surface area contributed by atoms with Crippen molar-refractivity contribution in [3.05, 3.63) is 58.9 Å². The van der Waals surface area contributed by atoms with Crippen LogP contribution in [0.3, 0.4) is 0 Å². The second-order valence-corrected chi connectivity index (χ2v) is 5.36. The number of pyridine rings is 1. The second kappa shape index (κ2) is 5.81. The number of fused-ring (bicyclic) bond motifs is 1. The molecule has 3 rings (SSSR count). The maximum Gasteiger partial charge on any atom is 0.127 e. The van der Waals surface area contributed by atoms with Gasteiger partial charge in [0, 0.05) is 41.0 Å². The highest BCUT2D eigenvalue weighted by atomic mass is 35.5. The van der Waals surface area contributed by atoms with Crippen molar-refractivity contribution in [2.24, 2.45) is 0 Å². The number of hydrogen-bond donors (Lipinski definition) is 1. The first kappa shape index (κ1) is 13.4. The van der Waals surface area contributed by atoms with Gasteiger partial charge in [-0.05, 0) is 30.8 Å². The van der Waals surface area contributed by atoms with E-state index < -0.39 is 0 Å². The van der Waals surface area contributed by atoms with Gasteiger partial charge in [-0.1, -0.05) is 24.6 Å². The van der Waals surface area contributed by atoms with Crippen LogP contribution in [0.25, 0.3) is 0 Å². The summed E-state index contributed by atoms with van der Waals surface area (Å²) in [4.78, 5) is 4.18. The van der Waals surface area contributed by atoms with Crippen molar-refractivity contribution in [1.29, 1.82) is 0 Å². The molecule has 1 aliphatic heterocycles. The largest absolute Gasteiger partial charge is 0.485 e. The molecule has 3 nitrogen and oxygen atoms in total. The topological polar surface area (TPSA) is 34.2 Å². The molecule has 0 saturated carbocycles. The average molecular weight is 289 g/mol. The van der Waals surface area contributed by atoms with Crippen LogP contribution in [0.4, 0.5) is 0 Å². The molecule has 2 aromatic rings. The average Bonchev–Trinajstić information content (AvgIpc) is 2.49. The Bertz CT molecular complexity index is 588. The lowest BCUT2D eigenvalue weighted by Crippen LogP contribution is -2.29. The highest BCUT2D eigenvalue weighted by Crippen LogP contribution is 2.41. The zero-order valence-electron chi connectivity index (χ0n) is 11.3. The number of rotatable bonds is 3. The van der Waals surface area contributed by atoms with E-state index in [-0.39, 0.29) is 12.1 Å². The summed E-state index contributed by atoms with van der Waals surface area (Å²) in [6.07, 6.45) is 4.56. The molecule has 0 spiro atoms. The van der Waals surface area contributed by atoms with Gasteiger partial charge in [0.05, 0.1) is 0 Å². The molecule has 2 atom stereocenters. The summed E-state index contributed by atoms with van der Waals surface area (Å²) in [5.74, 6) is 0.903. The molecule has 0 aliphatic carbocycles. The summed E-state index contributed by atoms with van der Waals surface area (Å²) in [6, 6.07) is 10.1. The van der Waals surface area contributed by atoms with Gasteiger partial charge in [-0.3, -0.25) is 4.98 Å². The van der Waals surface area contributed by atoms with Gasteiger partial charge in [0.25, 0.3) is 0 Å². The summed E-state index contributed by atoms with van der Waals surface area (Å²) < 4.78 is 6.11. The lowest BCUT2D eigenvalue weighted by molar-refractivity contribution is 0.152. The van der Waals surface area contributed by atoms with Crippen LogP contribution < -0.4 is 10.1 Å². The van der Waals surface area contributed by atoms with E-state index >= 15 is 0 Å². The lowest BCUT2D eigenvalue weighted by atomic mass is 9.93. The number of nitrogens with one attached hydrogen (secondary N) is 1. The van der Waals surface area contributed by atoms with Crippen molar-refractivity contribution in [3.63, 3.8) is 0 Å². The Balaban J connectivity index is 1.95. The molecule has 2 heterocycles. The van der Waals surface area contributed by atoms with Crippen molar-refractivity contribution in [3.8, 4) is 5.75 Å². The summed E-state index contributed by atoms with van der Waals surface area (Å²) in [5.41, 5.74) is 2.25. The van der Waals surface area contributed by atoms with E-state index in [4.69, 9.17) is 16.3 Å². The Hall–Kier alpha value is -1.58. The zero-order valence-corrected chi connectivity index (χ0v) is 12.1. The molecule has 1 aliphatic rings. The van der Waals surface area contributed by atoms with Gasteiger partial charge in [0.2, 0.25) is 0 Å². The van der Waals surface area contributed by atoms with E-state index in [0.29, 0.717) is 0 Å². The third-order valence-electron chi connectivity index (χ3n) is 3.57. The molecule has 104 valence electrons. The second-order valence-electron chi connectivity index (χ2n) is 4.92. The molecule has 20 heavy (non-hydrogen) atoms. The highest BCUT2D eigenvalue weighted by Gasteiger charge is 2.29. The smallest absolute Gasteiger partial charge is 0.127 e. The third kappa shape index (κ3) is 2.65. The SMILES string of the molecule is CCNC1CC(c2cccnc2)Oc2ccc(Cl)cc21. The predicted molar refractivity (Wildman–Crippen MR) is 80.1 cm³/mol. The normalized spacial score (nSPS) is 21.1. The van der Waals surface area contributed by atoms with Crippen LogP contribution in [-0.4, -0.2) is 11.5 Å². The molecular formula is C16H17ClN2O. The summed E-state index contributed by atoms with van der Waals surface area (Å²) in [6.45, 7) is 3.02. The number of ether oxygens (including phenoxy) is 1. The Kier molecular flexibility index (Phi) is 3.90. The van der Waals surface area contributed by atoms with Gasteiger partial charge in [0.15, 0.2) is 0 Å². The van der Waals surface area contributed by atoms with Crippen LogP contribution in [0, 0.1) is 0 Å². The number of aromatic nitrogens is 1. The standard InChI is InChI=1S/C16H17ClN2O/c1-2-19-14-9-16(11-4-3-7-18-10-11)20-15-6-5-12(17)8-13(14)15/h3-8,10,14,16,19H,2,9H2,1H3. The Morgan fingerprint density at radius 2 is 2.30 bits per heavy atom. The monoisotopic (exact) mass is 288 g/mol. The third-order valence-corrected chi connectivity index (χ3v) is 3.81. The number of nitrogens with zero attached hydrogens (tertiary/aromatic N) is 1. The summed E-state index contributed by atoms with van der Waals surface area (Å²) >= 11 is 6.10. The number of halogens is 1. The number of hydrogen-bond acceptors (Lipinski definition) is 3. The number of benzene rings is 1. The maximum absolute atomic E-state index is 6.11. The van der Waals surface area contributed by atoms with Crippen LogP contribution in [0.1, 0.15) is 36.6 Å². The van der Waals surface area contributed by atoms with Crippen molar-refractivity contribution in [2.75, 3.05) is 6.54 Å². The van der Waals surface area contributed by atoms with E-state index in [1.807, 2.05) is 30.5 Å². The molecule has 0 radical (unpaired) electrons. The molecular weight excluding hydrogens is 272 g/mol. The fraction of sp³-hybridized carbons (Fsp3) is 0.312. The van der Waals surface area contributed by atoms with Crippen molar-refractivity contribution in [1.82, 2.24) is 10.3 Å². The van der Waals surface area contributed by atoms with E-state index in [1.165, 1.54) is 0 Å². The van der Waals surface area contributed by atoms with Gasteiger partial charge in [0.1, 0.15) is 11.9 Å². The van der Waals surface area contributed by atoms with Gasteiger partial charge < -0.3 is 10.1 Å². The molecule has 2 unspecified atom stereocenters. The highest BCUT2D eigenvalue weighted by molar-refractivity contribution is 6.30. The molecule has 1 N–H and O–H groups in total. The molecule has 1 aromatic heterocycles. The first-order chi connectivity index (χ1) is 9.78. The van der Waals surface area contributed by atoms with E-state index in [1.54, 1.807) is 6.20 Å². The van der Waals surface area contributed by atoms with E-state index in [0.717, 1.165) is 34.9 Å². The van der Waals surface area contributed by atoms with Crippen LogP contribution in [0.15, 0.2) is 42.7 Å². The predicted octanol–water partition coefficient (Wildman–Crippen LogP) is 3.91. The first-order valence-corrected chi connectivity index (χ1v) is 7.25. The molecule has 0 amide bonds. The molecule has 1 aromatic carbocycles. The van der Waals surface area contributed by atoms with Crippen LogP contribution >= 0.6 is 11.6 Å². The first-order valence-electron chi connectivity index (χ1n) is 6.87. The van der Waals surface area contributed by atoms with Gasteiger partial charge in [-0.15, -0.1) is 0 Å². The minimum absolute atomic E-state index is 0.0291. The van der Waals surface area contributed by atoms with Gasteiger partial charge in [-0.25, -0.2) is 0 Å². The molecule has 0 bridgehead atoms. The summed E-state index contributed by atoms with van der Waals surface area (Å²) in [7, 11) is 0. The van der Waals surface area contributed by atoms with E-state index in [9.17, 15) is 0 Å². The van der Waals surface area contributed by atoms with Gasteiger partial charge >= 0.3 is 0 Å². The molecule has 4 heteroatoms. The van der Waals surface area contributed by atoms with Crippen molar-refractivity contribution >= 4 is 11.6 Å². The van der Waals surface area contributed by atoms with E-state index in [2.05, 4.69) is 23.3 Å². The fourth-order valence-electron chi connectivity index (χ4n) is 2.65.